The summed E-state index contributed by atoms with van der Waals surface area (Å²) >= 11 is 0. The third kappa shape index (κ3) is 3.77. The number of nitrogens with one attached hydrogen (secondary N) is 2. The summed E-state index contributed by atoms with van der Waals surface area (Å²) < 4.78 is 6.62. The van der Waals surface area contributed by atoms with E-state index in [0.717, 1.165) is 0 Å². The van der Waals surface area contributed by atoms with E-state index in [2.05, 4.69) is 37.3 Å². The van der Waals surface area contributed by atoms with Crippen LogP contribution in [0.2, 0.25) is 0 Å². The number of ether oxygens (including phenoxy) is 1. The Morgan fingerprint density at radius 2 is 2.25 bits per heavy atom. The number of methoxy groups -OCH3 is 1. The highest BCUT2D eigenvalue weighted by Crippen LogP contribution is 2.33. The topological polar surface area (TPSA) is 133 Å². The monoisotopic (exact) mass is 385 g/mol. The van der Waals surface area contributed by atoms with Crippen molar-refractivity contribution in [1.82, 2.24) is 24.6 Å². The fourth-order valence-electron chi connectivity index (χ4n) is 3.03. The molecule has 0 bridgehead atoms. The molecule has 0 saturated heterocycles. The number of hydrogen-bond acceptors (Lipinski definition) is 8. The number of hydrogen-bond donors (Lipinski definition) is 4. The average Bonchev–Trinajstić information content (AvgIpc) is 3.37. The summed E-state index contributed by atoms with van der Waals surface area (Å²) in [6.45, 7) is 3.05. The first-order valence-electron chi connectivity index (χ1n) is 9.19. The van der Waals surface area contributed by atoms with Gasteiger partial charge in [-0.3, -0.25) is 4.98 Å². The zero-order valence-electron chi connectivity index (χ0n) is 15.8. The summed E-state index contributed by atoms with van der Waals surface area (Å²) in [5, 5.41) is 27.8. The van der Waals surface area contributed by atoms with Gasteiger partial charge in [-0.1, -0.05) is 0 Å². The minimum Gasteiger partial charge on any atom is -0.494 e. The second-order valence-corrected chi connectivity index (χ2v) is 6.93. The van der Waals surface area contributed by atoms with Crippen LogP contribution in [0.25, 0.3) is 11.7 Å². The molecule has 0 aliphatic heterocycles. The maximum Gasteiger partial charge on any atom is 0.251 e. The molecule has 0 spiro atoms. The molecule has 148 valence electrons. The number of aromatic amines is 1. The van der Waals surface area contributed by atoms with Gasteiger partial charge >= 0.3 is 0 Å². The van der Waals surface area contributed by atoms with Crippen molar-refractivity contribution in [3.8, 4) is 11.8 Å². The van der Waals surface area contributed by atoms with E-state index >= 15 is 0 Å². The van der Waals surface area contributed by atoms with Crippen LogP contribution in [0.15, 0.2) is 17.3 Å². The Morgan fingerprint density at radius 1 is 1.43 bits per heavy atom. The van der Waals surface area contributed by atoms with Crippen molar-refractivity contribution in [3.05, 3.63) is 28.7 Å². The lowest BCUT2D eigenvalue weighted by Crippen LogP contribution is -2.27. The van der Waals surface area contributed by atoms with Gasteiger partial charge in [0.2, 0.25) is 5.95 Å². The van der Waals surface area contributed by atoms with Gasteiger partial charge in [0.05, 0.1) is 19.3 Å². The third-order valence-electron chi connectivity index (χ3n) is 4.74. The minimum atomic E-state index is -0.128. The number of aromatic hydroxyl groups is 2. The summed E-state index contributed by atoms with van der Waals surface area (Å²) in [7, 11) is 1.62. The Balaban J connectivity index is 1.82. The van der Waals surface area contributed by atoms with Crippen LogP contribution in [0.4, 0.5) is 5.95 Å². The van der Waals surface area contributed by atoms with Crippen LogP contribution in [-0.2, 0) is 4.74 Å². The van der Waals surface area contributed by atoms with E-state index in [-0.39, 0.29) is 17.8 Å². The Kier molecular flexibility index (Phi) is 4.86. The highest BCUT2D eigenvalue weighted by atomic mass is 16.5. The minimum absolute atomic E-state index is 0.120. The maximum atomic E-state index is 9.89. The molecule has 4 N–H and O–H groups in total. The van der Waals surface area contributed by atoms with Gasteiger partial charge < -0.3 is 20.3 Å². The highest BCUT2D eigenvalue weighted by molar-refractivity contribution is 5.61. The molecule has 3 heterocycles. The Bertz CT molecular complexity index is 1100. The Hall–Kier alpha value is -3.14. The highest BCUT2D eigenvalue weighted by Gasteiger charge is 2.28. The van der Waals surface area contributed by atoms with Gasteiger partial charge in [0.15, 0.2) is 17.4 Å². The van der Waals surface area contributed by atoms with Crippen LogP contribution in [0, 0.1) is 5.92 Å². The predicted octanol–water partition coefficient (Wildman–Crippen LogP) is 0.169. The molecule has 0 aromatic carbocycles. The van der Waals surface area contributed by atoms with Crippen molar-refractivity contribution in [3.63, 3.8) is 0 Å². The fourth-order valence-corrected chi connectivity index (χ4v) is 3.03. The van der Waals surface area contributed by atoms with E-state index in [1.165, 1.54) is 18.9 Å². The molecule has 10 heteroatoms. The van der Waals surface area contributed by atoms with E-state index in [1.54, 1.807) is 23.9 Å². The lowest BCUT2D eigenvalue weighted by Gasteiger charge is -2.12. The molecule has 3 aromatic rings. The average molecular weight is 385 g/mol. The number of H-pyrrole nitrogens is 1. The lowest BCUT2D eigenvalue weighted by atomic mass is 10.2. The molecule has 1 atom stereocenters. The summed E-state index contributed by atoms with van der Waals surface area (Å²) in [5.74, 6) is 0.881. The standard InChI is InChI=1S/C18H23N7O3/c1-10(11-3-4-11)21-17-23-15-13(7-12-8-14(26)22-16(12)27)9-20-25(15)18(24-17)19-5-6-28-2/h7-11,22,26-27H,3-6H2,1-2H3,(H,19,21,24). The fraction of sp³-hybridized carbons (Fsp3) is 0.444. The molecule has 0 amide bonds. The molecule has 1 fully saturated rings. The summed E-state index contributed by atoms with van der Waals surface area (Å²) in [6, 6.07) is 1.70. The predicted molar refractivity (Wildman–Crippen MR) is 102 cm³/mol. The van der Waals surface area contributed by atoms with Gasteiger partial charge in [0.1, 0.15) is 0 Å². The van der Waals surface area contributed by atoms with Crippen molar-refractivity contribution in [1.29, 1.82) is 0 Å². The molecule has 10 nitrogen and oxygen atoms in total. The second kappa shape index (κ2) is 7.47. The van der Waals surface area contributed by atoms with Crippen LogP contribution in [-0.4, -0.2) is 61.1 Å². The van der Waals surface area contributed by atoms with Gasteiger partial charge in [-0.15, -0.1) is 0 Å². The van der Waals surface area contributed by atoms with E-state index in [0.29, 0.717) is 47.1 Å². The lowest BCUT2D eigenvalue weighted by molar-refractivity contribution is 0.207. The zero-order valence-corrected chi connectivity index (χ0v) is 15.8. The first-order chi connectivity index (χ1) is 13.5. The van der Waals surface area contributed by atoms with Gasteiger partial charge in [0.25, 0.3) is 5.62 Å². The third-order valence-corrected chi connectivity index (χ3v) is 4.74. The normalized spacial score (nSPS) is 16.8. The SMILES string of the molecule is COCCN=c1nc(NC(C)C2CC2)nc2c(=Cc3cc(O)[nH]c3O)cnn12. The summed E-state index contributed by atoms with van der Waals surface area (Å²) in [5.41, 5.74) is 1.41. The Morgan fingerprint density at radius 3 is 2.93 bits per heavy atom. The van der Waals surface area contributed by atoms with Crippen molar-refractivity contribution < 1.29 is 14.9 Å². The number of fused-ring (bicyclic) bond motifs is 1. The number of aromatic nitrogens is 5. The number of nitrogens with zero attached hydrogens (tertiary/aromatic N) is 5. The molecular weight excluding hydrogens is 362 g/mol. The van der Waals surface area contributed by atoms with Crippen LogP contribution < -0.4 is 16.2 Å². The van der Waals surface area contributed by atoms with Crippen molar-refractivity contribution >= 4 is 17.7 Å². The van der Waals surface area contributed by atoms with Gasteiger partial charge in [-0.2, -0.15) is 19.6 Å². The summed E-state index contributed by atoms with van der Waals surface area (Å²) in [4.78, 5) is 16.0. The van der Waals surface area contributed by atoms with Gasteiger partial charge in [-0.25, -0.2) is 4.99 Å². The Labute approximate surface area is 160 Å². The van der Waals surface area contributed by atoms with Crippen LogP contribution >= 0.6 is 0 Å². The smallest absolute Gasteiger partial charge is 0.251 e. The second-order valence-electron chi connectivity index (χ2n) is 6.93. The molecule has 1 aliphatic carbocycles. The van der Waals surface area contributed by atoms with E-state index in [4.69, 9.17) is 4.74 Å². The van der Waals surface area contributed by atoms with Crippen molar-refractivity contribution in [2.75, 3.05) is 25.6 Å². The largest absolute Gasteiger partial charge is 0.494 e. The van der Waals surface area contributed by atoms with E-state index < -0.39 is 0 Å². The van der Waals surface area contributed by atoms with E-state index in [1.807, 2.05) is 0 Å². The zero-order chi connectivity index (χ0) is 19.7. The molecule has 28 heavy (non-hydrogen) atoms. The molecule has 1 aliphatic rings. The number of anilines is 1. The van der Waals surface area contributed by atoms with Gasteiger partial charge in [-0.05, 0) is 31.8 Å². The molecule has 1 unspecified atom stereocenters. The van der Waals surface area contributed by atoms with Crippen LogP contribution in [0.3, 0.4) is 0 Å². The van der Waals surface area contributed by atoms with Gasteiger partial charge in [0, 0.05) is 30.0 Å². The first-order valence-corrected chi connectivity index (χ1v) is 9.19. The molecule has 0 radical (unpaired) electrons. The number of rotatable bonds is 7. The van der Waals surface area contributed by atoms with Crippen LogP contribution in [0.5, 0.6) is 11.8 Å². The van der Waals surface area contributed by atoms with Crippen molar-refractivity contribution in [2.45, 2.75) is 25.8 Å². The maximum absolute atomic E-state index is 9.89. The van der Waals surface area contributed by atoms with Crippen molar-refractivity contribution in [2.24, 2.45) is 10.9 Å². The molecule has 1 saturated carbocycles. The van der Waals surface area contributed by atoms with Crippen LogP contribution in [0.1, 0.15) is 25.3 Å². The quantitative estimate of drug-likeness (QED) is 0.426. The summed E-state index contributed by atoms with van der Waals surface area (Å²) in [6.07, 6.45) is 5.73. The molecular formula is C18H23N7O3. The molecule has 4 rings (SSSR count). The molecule has 3 aromatic heterocycles. The van der Waals surface area contributed by atoms with E-state index in [9.17, 15) is 10.2 Å². The first kappa shape index (κ1) is 18.2.